The van der Waals surface area contributed by atoms with Crippen LogP contribution in [0.5, 0.6) is 5.75 Å². The second-order valence-electron chi connectivity index (χ2n) is 10.8. The minimum absolute atomic E-state index is 0.179. The van der Waals surface area contributed by atoms with Gasteiger partial charge in [0.2, 0.25) is 5.91 Å². The molecule has 9 nitrogen and oxygen atoms in total. The molecule has 3 aromatic carbocycles. The molecule has 1 aliphatic carbocycles. The number of carboxylic acid groups (broad SMARTS) is 1. The van der Waals surface area contributed by atoms with Crippen molar-refractivity contribution in [1.29, 1.82) is 0 Å². The summed E-state index contributed by atoms with van der Waals surface area (Å²) in [7, 11) is 1.60. The zero-order valence-corrected chi connectivity index (χ0v) is 24.3. The number of aliphatic carboxylic acids is 1. The lowest BCUT2D eigenvalue weighted by atomic mass is 9.66. The molecular weight excluding hydrogens is 550 g/mol. The Hall–Kier alpha value is -4.02. The fourth-order valence-corrected chi connectivity index (χ4v) is 5.89. The van der Waals surface area contributed by atoms with Crippen LogP contribution in [-0.4, -0.2) is 54.2 Å². The number of nitrogens with one attached hydrogen (secondary N) is 1. The van der Waals surface area contributed by atoms with Gasteiger partial charge in [0.25, 0.3) is 0 Å². The summed E-state index contributed by atoms with van der Waals surface area (Å²) in [4.78, 5) is 25.1. The third-order valence-corrected chi connectivity index (χ3v) is 7.83. The van der Waals surface area contributed by atoms with Gasteiger partial charge in [-0.25, -0.2) is 0 Å². The van der Waals surface area contributed by atoms with E-state index >= 15 is 0 Å². The maximum atomic E-state index is 12.9. The second-order valence-corrected chi connectivity index (χ2v) is 10.8. The van der Waals surface area contributed by atoms with Crippen LogP contribution < -0.4 is 10.1 Å². The number of hydrogen-bond acceptors (Lipinski definition) is 7. The topological polar surface area (TPSA) is 113 Å². The molecule has 1 aliphatic heterocycles. The predicted octanol–water partition coefficient (Wildman–Crippen LogP) is 4.64. The van der Waals surface area contributed by atoms with Crippen molar-refractivity contribution in [2.75, 3.05) is 7.11 Å². The Balaban J connectivity index is 1.53. The lowest BCUT2D eigenvalue weighted by Gasteiger charge is -2.58. The summed E-state index contributed by atoms with van der Waals surface area (Å²) in [6.07, 6.45) is 0.0358. The van der Waals surface area contributed by atoms with Crippen molar-refractivity contribution in [2.45, 2.75) is 63.3 Å². The molecule has 2 N–H and O–H groups in total. The van der Waals surface area contributed by atoms with Gasteiger partial charge in [-0.1, -0.05) is 84.9 Å². The average Bonchev–Trinajstić information content (AvgIpc) is 3.01. The molecule has 226 valence electrons. The summed E-state index contributed by atoms with van der Waals surface area (Å²) < 4.78 is 31.3. The molecule has 0 aromatic heterocycles. The highest BCUT2D eigenvalue weighted by molar-refractivity contribution is 5.75. The van der Waals surface area contributed by atoms with Gasteiger partial charge in [0.15, 0.2) is 6.29 Å². The Morgan fingerprint density at radius 3 is 1.91 bits per heavy atom. The zero-order valence-electron chi connectivity index (χ0n) is 24.3. The Morgan fingerprint density at radius 1 is 0.791 bits per heavy atom. The lowest BCUT2D eigenvalue weighted by Crippen LogP contribution is -2.78. The van der Waals surface area contributed by atoms with Gasteiger partial charge in [0.1, 0.15) is 29.6 Å². The lowest BCUT2D eigenvalue weighted by molar-refractivity contribution is -0.316. The first kappa shape index (κ1) is 30.4. The number of amides is 1. The molecule has 6 atom stereocenters. The number of hydrogen-bond donors (Lipinski definition) is 2. The molecule has 2 aliphatic rings. The fraction of sp³-hybridized carbons (Fsp3) is 0.353. The summed E-state index contributed by atoms with van der Waals surface area (Å²) in [5.41, 5.74) is 1.39. The van der Waals surface area contributed by atoms with Crippen LogP contribution in [0.15, 0.2) is 97.1 Å². The molecule has 0 unspecified atom stereocenters. The van der Waals surface area contributed by atoms with Gasteiger partial charge in [0, 0.05) is 12.8 Å². The standard InChI is InChI=1S/C34H37NO8/c1-23(36)35-34-27(19-30(37)38)15-18-29(31(34)40-20-24-9-5-3-6-10-24)43-33(32(34)41-21-25-11-7-4-8-12-25)42-22-26-13-16-28(39-2)17-14-26/h3-18,27,29,31-33H,19-22H2,1-2H3,(H,35,36)(H,37,38)/t27-,29-,31-,32-,33+,34-/m1/s1. The van der Waals surface area contributed by atoms with Crippen LogP contribution in [0.2, 0.25) is 0 Å². The summed E-state index contributed by atoms with van der Waals surface area (Å²) in [5, 5.41) is 13.1. The molecule has 1 heterocycles. The van der Waals surface area contributed by atoms with Gasteiger partial charge in [0.05, 0.1) is 33.4 Å². The molecule has 0 saturated carbocycles. The molecule has 1 saturated heterocycles. The highest BCUT2D eigenvalue weighted by Crippen LogP contribution is 2.46. The molecule has 43 heavy (non-hydrogen) atoms. The third-order valence-electron chi connectivity index (χ3n) is 7.83. The molecule has 9 heteroatoms. The van der Waals surface area contributed by atoms with Crippen LogP contribution >= 0.6 is 0 Å². The molecule has 1 amide bonds. The van der Waals surface area contributed by atoms with E-state index in [-0.39, 0.29) is 32.1 Å². The molecule has 0 radical (unpaired) electrons. The van der Waals surface area contributed by atoms with E-state index < -0.39 is 42.0 Å². The van der Waals surface area contributed by atoms with E-state index in [0.29, 0.717) is 0 Å². The Bertz CT molecular complexity index is 1380. The smallest absolute Gasteiger partial charge is 0.304 e. The van der Waals surface area contributed by atoms with E-state index in [9.17, 15) is 14.7 Å². The van der Waals surface area contributed by atoms with Crippen molar-refractivity contribution in [1.82, 2.24) is 5.32 Å². The van der Waals surface area contributed by atoms with E-state index in [2.05, 4.69) is 5.32 Å². The highest BCUT2D eigenvalue weighted by Gasteiger charge is 2.63. The first-order chi connectivity index (χ1) is 20.9. The third kappa shape index (κ3) is 7.14. The van der Waals surface area contributed by atoms with E-state index in [1.54, 1.807) is 19.3 Å². The van der Waals surface area contributed by atoms with Crippen LogP contribution in [-0.2, 0) is 48.4 Å². The predicted molar refractivity (Wildman–Crippen MR) is 158 cm³/mol. The molecule has 0 spiro atoms. The van der Waals surface area contributed by atoms with Gasteiger partial charge < -0.3 is 34.1 Å². The van der Waals surface area contributed by atoms with Crippen LogP contribution in [0, 0.1) is 5.92 Å². The van der Waals surface area contributed by atoms with Crippen LogP contribution in [0.25, 0.3) is 0 Å². The number of carbonyl (C=O) groups is 2. The quantitative estimate of drug-likeness (QED) is 0.278. The summed E-state index contributed by atoms with van der Waals surface area (Å²) in [6, 6.07) is 26.7. The highest BCUT2D eigenvalue weighted by atomic mass is 16.7. The van der Waals surface area contributed by atoms with Gasteiger partial charge in [-0.2, -0.15) is 0 Å². The monoisotopic (exact) mass is 587 g/mol. The van der Waals surface area contributed by atoms with E-state index in [0.717, 1.165) is 22.4 Å². The Kier molecular flexibility index (Phi) is 9.89. The number of fused-ring (bicyclic) bond motifs is 2. The van der Waals surface area contributed by atoms with Gasteiger partial charge in [-0.3, -0.25) is 9.59 Å². The van der Waals surface area contributed by atoms with Crippen molar-refractivity contribution in [2.24, 2.45) is 5.92 Å². The molecule has 2 bridgehead atoms. The van der Waals surface area contributed by atoms with Crippen LogP contribution in [0.4, 0.5) is 0 Å². The normalized spacial score (nSPS) is 26.0. The van der Waals surface area contributed by atoms with Crippen molar-refractivity contribution >= 4 is 11.9 Å². The zero-order chi connectivity index (χ0) is 30.2. The van der Waals surface area contributed by atoms with Crippen molar-refractivity contribution in [3.63, 3.8) is 0 Å². The summed E-state index contributed by atoms with van der Waals surface area (Å²) in [6.45, 7) is 2.00. The van der Waals surface area contributed by atoms with Gasteiger partial charge in [-0.05, 0) is 28.8 Å². The Labute approximate surface area is 251 Å². The molecule has 1 fully saturated rings. The number of rotatable bonds is 13. The largest absolute Gasteiger partial charge is 0.497 e. The Morgan fingerprint density at radius 2 is 1.35 bits per heavy atom. The van der Waals surface area contributed by atoms with Gasteiger partial charge >= 0.3 is 5.97 Å². The minimum atomic E-state index is -1.32. The number of carbonyl (C=O) groups excluding carboxylic acids is 1. The van der Waals surface area contributed by atoms with Crippen molar-refractivity contribution < 1.29 is 38.4 Å². The summed E-state index contributed by atoms with van der Waals surface area (Å²) >= 11 is 0. The van der Waals surface area contributed by atoms with Crippen LogP contribution in [0.1, 0.15) is 30.0 Å². The van der Waals surface area contributed by atoms with Crippen molar-refractivity contribution in [3.8, 4) is 5.75 Å². The SMILES string of the molecule is COc1ccc(CO[C@H]2O[C@@H]3C=C[C@H](CC(=O)O)[C@](NC(C)=O)([C@@H]2OCc2ccccc2)[C@@H]3OCc2ccccc2)cc1. The number of benzene rings is 3. The minimum Gasteiger partial charge on any atom is -0.497 e. The van der Waals surface area contributed by atoms with Crippen molar-refractivity contribution in [3.05, 3.63) is 114 Å². The number of carboxylic acids is 1. The maximum absolute atomic E-state index is 12.9. The van der Waals surface area contributed by atoms with E-state index in [1.807, 2.05) is 84.9 Å². The molecular formula is C34H37NO8. The van der Waals surface area contributed by atoms with Crippen LogP contribution in [0.3, 0.4) is 0 Å². The fourth-order valence-electron chi connectivity index (χ4n) is 5.89. The average molecular weight is 588 g/mol. The van der Waals surface area contributed by atoms with E-state index in [1.165, 1.54) is 6.92 Å². The maximum Gasteiger partial charge on any atom is 0.304 e. The van der Waals surface area contributed by atoms with Gasteiger partial charge in [-0.15, -0.1) is 0 Å². The van der Waals surface area contributed by atoms with E-state index in [4.69, 9.17) is 23.7 Å². The first-order valence-electron chi connectivity index (χ1n) is 14.3. The first-order valence-corrected chi connectivity index (χ1v) is 14.3. The number of methoxy groups -OCH3 is 1. The summed E-state index contributed by atoms with van der Waals surface area (Å²) in [5.74, 6) is -1.31. The number of ether oxygens (including phenoxy) is 5. The molecule has 3 aromatic rings. The molecule has 5 rings (SSSR count). The second kappa shape index (κ2) is 14.0.